The van der Waals surface area contributed by atoms with Gasteiger partial charge < -0.3 is 10.6 Å². The molecule has 2 amide bonds. The molecule has 1 aliphatic carbocycles. The fourth-order valence-electron chi connectivity index (χ4n) is 2.26. The lowest BCUT2D eigenvalue weighted by atomic mass is 9.87. The molecule has 0 bridgehead atoms. The van der Waals surface area contributed by atoms with Gasteiger partial charge in [0.25, 0.3) is 0 Å². The maximum atomic E-state index is 11.7. The summed E-state index contributed by atoms with van der Waals surface area (Å²) in [6, 6.07) is -0.151. The molecule has 0 aliphatic heterocycles. The Labute approximate surface area is 97.2 Å². The lowest BCUT2D eigenvalue weighted by Gasteiger charge is -2.28. The second-order valence-corrected chi connectivity index (χ2v) is 4.90. The van der Waals surface area contributed by atoms with Crippen molar-refractivity contribution in [3.63, 3.8) is 0 Å². The third-order valence-electron chi connectivity index (χ3n) is 3.10. The first kappa shape index (κ1) is 13.0. The highest BCUT2D eigenvalue weighted by Gasteiger charge is 2.22. The predicted octanol–water partition coefficient (Wildman–Crippen LogP) is 1.21. The topological polar surface area (TPSA) is 58.2 Å². The normalized spacial score (nSPS) is 26.9. The summed E-state index contributed by atoms with van der Waals surface area (Å²) in [5.74, 6) is 0.448. The van der Waals surface area contributed by atoms with Gasteiger partial charge in [-0.2, -0.15) is 0 Å². The number of carbonyl (C=O) groups is 2. The molecule has 4 heteroatoms. The largest absolute Gasteiger partial charge is 0.352 e. The van der Waals surface area contributed by atoms with Crippen molar-refractivity contribution in [3.8, 4) is 0 Å². The van der Waals surface area contributed by atoms with Gasteiger partial charge in [-0.3, -0.25) is 9.59 Å². The van der Waals surface area contributed by atoms with E-state index < -0.39 is 6.04 Å². The summed E-state index contributed by atoms with van der Waals surface area (Å²) in [6.45, 7) is 5.35. The lowest BCUT2D eigenvalue weighted by molar-refractivity contribution is -0.128. The fraction of sp³-hybridized carbons (Fsp3) is 0.833. The first-order valence-electron chi connectivity index (χ1n) is 6.06. The Kier molecular flexibility index (Phi) is 4.77. The summed E-state index contributed by atoms with van der Waals surface area (Å²) in [4.78, 5) is 22.5. The molecule has 92 valence electrons. The van der Waals surface area contributed by atoms with E-state index in [-0.39, 0.29) is 17.9 Å². The number of rotatable bonds is 3. The van der Waals surface area contributed by atoms with Crippen LogP contribution in [-0.4, -0.2) is 23.9 Å². The molecule has 0 saturated heterocycles. The average Bonchev–Trinajstić information content (AvgIpc) is 2.16. The number of hydrogen-bond donors (Lipinski definition) is 2. The SMILES string of the molecule is CC(=O)NC(C)C(=O)NC1CCCC(C)C1. The Morgan fingerprint density at radius 2 is 2.00 bits per heavy atom. The third-order valence-corrected chi connectivity index (χ3v) is 3.10. The Balaban J connectivity index is 2.35. The minimum Gasteiger partial charge on any atom is -0.352 e. The van der Waals surface area contributed by atoms with Crippen LogP contribution in [0.25, 0.3) is 0 Å². The summed E-state index contributed by atoms with van der Waals surface area (Å²) < 4.78 is 0. The van der Waals surface area contributed by atoms with E-state index >= 15 is 0 Å². The Hall–Kier alpha value is -1.06. The summed E-state index contributed by atoms with van der Waals surface area (Å²) in [5.41, 5.74) is 0. The molecule has 3 unspecified atom stereocenters. The summed E-state index contributed by atoms with van der Waals surface area (Å²) >= 11 is 0. The Morgan fingerprint density at radius 3 is 2.56 bits per heavy atom. The van der Waals surface area contributed by atoms with E-state index in [1.54, 1.807) is 6.92 Å². The lowest BCUT2D eigenvalue weighted by Crippen LogP contribution is -2.48. The van der Waals surface area contributed by atoms with Crippen molar-refractivity contribution in [2.24, 2.45) is 5.92 Å². The third kappa shape index (κ3) is 4.21. The first-order valence-corrected chi connectivity index (χ1v) is 6.06. The number of hydrogen-bond acceptors (Lipinski definition) is 2. The maximum Gasteiger partial charge on any atom is 0.242 e. The van der Waals surface area contributed by atoms with Crippen LogP contribution in [0.4, 0.5) is 0 Å². The number of nitrogens with one attached hydrogen (secondary N) is 2. The van der Waals surface area contributed by atoms with Gasteiger partial charge in [0.15, 0.2) is 0 Å². The van der Waals surface area contributed by atoms with Crippen molar-refractivity contribution in [2.75, 3.05) is 0 Å². The zero-order chi connectivity index (χ0) is 12.1. The molecular weight excluding hydrogens is 204 g/mol. The molecule has 16 heavy (non-hydrogen) atoms. The minimum atomic E-state index is -0.435. The van der Waals surface area contributed by atoms with Crippen LogP contribution in [-0.2, 0) is 9.59 Å². The molecule has 3 atom stereocenters. The Morgan fingerprint density at radius 1 is 1.31 bits per heavy atom. The molecular formula is C12H22N2O2. The molecule has 1 saturated carbocycles. The molecule has 4 nitrogen and oxygen atoms in total. The Bertz CT molecular complexity index is 266. The highest BCUT2D eigenvalue weighted by molar-refractivity contribution is 5.86. The van der Waals surface area contributed by atoms with Crippen molar-refractivity contribution in [2.45, 2.75) is 58.5 Å². The molecule has 0 spiro atoms. The van der Waals surface area contributed by atoms with Gasteiger partial charge in [0.2, 0.25) is 11.8 Å². The van der Waals surface area contributed by atoms with Crippen LogP contribution in [0.3, 0.4) is 0 Å². The highest BCUT2D eigenvalue weighted by atomic mass is 16.2. The van der Waals surface area contributed by atoms with Crippen molar-refractivity contribution in [1.29, 1.82) is 0 Å². The number of carbonyl (C=O) groups excluding carboxylic acids is 2. The zero-order valence-corrected chi connectivity index (χ0v) is 10.4. The molecule has 0 heterocycles. The van der Waals surface area contributed by atoms with Gasteiger partial charge in [-0.15, -0.1) is 0 Å². The van der Waals surface area contributed by atoms with E-state index in [2.05, 4.69) is 17.6 Å². The molecule has 0 radical (unpaired) electrons. The smallest absolute Gasteiger partial charge is 0.242 e. The van der Waals surface area contributed by atoms with Crippen LogP contribution in [0, 0.1) is 5.92 Å². The van der Waals surface area contributed by atoms with E-state index in [0.717, 1.165) is 12.8 Å². The van der Waals surface area contributed by atoms with Gasteiger partial charge in [0.05, 0.1) is 0 Å². The molecule has 1 aliphatic rings. The van der Waals surface area contributed by atoms with Gasteiger partial charge in [0, 0.05) is 13.0 Å². The monoisotopic (exact) mass is 226 g/mol. The van der Waals surface area contributed by atoms with Crippen molar-refractivity contribution in [3.05, 3.63) is 0 Å². The van der Waals surface area contributed by atoms with Crippen molar-refractivity contribution in [1.82, 2.24) is 10.6 Å². The predicted molar refractivity (Wildman–Crippen MR) is 62.8 cm³/mol. The zero-order valence-electron chi connectivity index (χ0n) is 10.4. The summed E-state index contributed by atoms with van der Waals surface area (Å²) in [7, 11) is 0. The van der Waals surface area contributed by atoms with Crippen LogP contribution in [0.15, 0.2) is 0 Å². The van der Waals surface area contributed by atoms with Crippen LogP contribution in [0.5, 0.6) is 0 Å². The van der Waals surface area contributed by atoms with Crippen LogP contribution in [0.2, 0.25) is 0 Å². The minimum absolute atomic E-state index is 0.0747. The second kappa shape index (κ2) is 5.87. The maximum absolute atomic E-state index is 11.7. The van der Waals surface area contributed by atoms with Crippen molar-refractivity contribution >= 4 is 11.8 Å². The number of amides is 2. The first-order chi connectivity index (χ1) is 7.49. The van der Waals surface area contributed by atoms with Crippen molar-refractivity contribution < 1.29 is 9.59 Å². The van der Waals surface area contributed by atoms with Gasteiger partial charge in [-0.25, -0.2) is 0 Å². The molecule has 0 aromatic carbocycles. The average molecular weight is 226 g/mol. The van der Waals surface area contributed by atoms with Crippen LogP contribution in [0.1, 0.15) is 46.5 Å². The fourth-order valence-corrected chi connectivity index (χ4v) is 2.26. The molecule has 1 fully saturated rings. The highest BCUT2D eigenvalue weighted by Crippen LogP contribution is 2.23. The molecule has 2 N–H and O–H groups in total. The van der Waals surface area contributed by atoms with E-state index in [0.29, 0.717) is 5.92 Å². The molecule has 1 rings (SSSR count). The second-order valence-electron chi connectivity index (χ2n) is 4.90. The van der Waals surface area contributed by atoms with Crippen LogP contribution < -0.4 is 10.6 Å². The van der Waals surface area contributed by atoms with Gasteiger partial charge >= 0.3 is 0 Å². The van der Waals surface area contributed by atoms with E-state index in [1.807, 2.05) is 0 Å². The summed E-state index contributed by atoms with van der Waals surface area (Å²) in [6.07, 6.45) is 4.55. The van der Waals surface area contributed by atoms with Gasteiger partial charge in [0.1, 0.15) is 6.04 Å². The quantitative estimate of drug-likeness (QED) is 0.760. The molecule has 0 aromatic heterocycles. The molecule has 0 aromatic rings. The van der Waals surface area contributed by atoms with E-state index in [4.69, 9.17) is 0 Å². The van der Waals surface area contributed by atoms with Gasteiger partial charge in [-0.1, -0.05) is 19.8 Å². The van der Waals surface area contributed by atoms with Crippen LogP contribution >= 0.6 is 0 Å². The standard InChI is InChI=1S/C12H22N2O2/c1-8-5-4-6-11(7-8)14-12(16)9(2)13-10(3)15/h8-9,11H,4-7H2,1-3H3,(H,13,15)(H,14,16). The van der Waals surface area contributed by atoms with E-state index in [1.165, 1.54) is 19.8 Å². The van der Waals surface area contributed by atoms with Gasteiger partial charge in [-0.05, 0) is 25.7 Å². The summed E-state index contributed by atoms with van der Waals surface area (Å²) in [5, 5.41) is 5.59. The van der Waals surface area contributed by atoms with E-state index in [9.17, 15) is 9.59 Å².